The number of fused-ring (bicyclic) bond motifs is 1. The van der Waals surface area contributed by atoms with Crippen molar-refractivity contribution in [3.63, 3.8) is 0 Å². The second-order valence-corrected chi connectivity index (χ2v) is 7.24. The summed E-state index contributed by atoms with van der Waals surface area (Å²) in [6.07, 6.45) is 0.586. The Hall–Kier alpha value is -3.93. The fraction of sp³-hybridized carbons (Fsp3) is 0.160. The van der Waals surface area contributed by atoms with Gasteiger partial charge in [-0.3, -0.25) is 4.79 Å². The van der Waals surface area contributed by atoms with Gasteiger partial charge in [0.1, 0.15) is 5.69 Å². The van der Waals surface area contributed by atoms with Crippen molar-refractivity contribution in [2.24, 2.45) is 0 Å². The van der Waals surface area contributed by atoms with Gasteiger partial charge in [-0.05, 0) is 43.7 Å². The number of carbonyl (C=O) groups is 2. The van der Waals surface area contributed by atoms with E-state index in [1.54, 1.807) is 37.5 Å². The van der Waals surface area contributed by atoms with E-state index in [1.807, 2.05) is 55.5 Å². The fourth-order valence-corrected chi connectivity index (χ4v) is 3.33. The summed E-state index contributed by atoms with van der Waals surface area (Å²) in [4.78, 5) is 30.2. The third-order valence-electron chi connectivity index (χ3n) is 5.02. The van der Waals surface area contributed by atoms with Gasteiger partial charge in [-0.1, -0.05) is 48.5 Å². The summed E-state index contributed by atoms with van der Waals surface area (Å²) < 4.78 is 10.9. The number of esters is 1. The molecule has 0 fully saturated rings. The topological polar surface area (TPSA) is 81.4 Å². The van der Waals surface area contributed by atoms with E-state index in [0.717, 1.165) is 5.56 Å². The number of furan rings is 1. The molecule has 1 N–H and O–H groups in total. The van der Waals surface area contributed by atoms with E-state index in [-0.39, 0.29) is 11.9 Å². The van der Waals surface area contributed by atoms with Crippen molar-refractivity contribution in [3.8, 4) is 11.5 Å². The summed E-state index contributed by atoms with van der Waals surface area (Å²) in [6.45, 7) is 3.44. The van der Waals surface area contributed by atoms with Gasteiger partial charge in [0.15, 0.2) is 11.9 Å². The number of benzene rings is 2. The van der Waals surface area contributed by atoms with Gasteiger partial charge in [0.2, 0.25) is 0 Å². The molecule has 4 rings (SSSR count). The van der Waals surface area contributed by atoms with Crippen LogP contribution < -0.4 is 5.32 Å². The van der Waals surface area contributed by atoms with Crippen molar-refractivity contribution < 1.29 is 18.7 Å². The van der Waals surface area contributed by atoms with Gasteiger partial charge in [0.25, 0.3) is 5.91 Å². The maximum atomic E-state index is 13.0. The maximum Gasteiger partial charge on any atom is 0.339 e. The average Bonchev–Trinajstić information content (AvgIpc) is 3.33. The zero-order valence-corrected chi connectivity index (χ0v) is 17.2. The second kappa shape index (κ2) is 8.83. The monoisotopic (exact) mass is 414 g/mol. The standard InChI is InChI=1S/C25H22N2O4/c1-16(18-9-4-3-5-10-18)26-24(28)17(2)31-25(29)20-15-22(23-13-8-14-30-23)27-21-12-7-6-11-19(20)21/h3-17H,1-2H3,(H,26,28)/t16-,17-/m1/s1. The predicted molar refractivity (Wildman–Crippen MR) is 117 cm³/mol. The summed E-state index contributed by atoms with van der Waals surface area (Å²) in [5, 5.41) is 3.53. The van der Waals surface area contributed by atoms with Crippen LogP contribution >= 0.6 is 0 Å². The summed E-state index contributed by atoms with van der Waals surface area (Å²) in [6, 6.07) is 21.8. The van der Waals surface area contributed by atoms with Crippen LogP contribution in [-0.4, -0.2) is 23.0 Å². The first-order valence-corrected chi connectivity index (χ1v) is 10.0. The Balaban J connectivity index is 1.54. The van der Waals surface area contributed by atoms with E-state index in [1.165, 1.54) is 0 Å². The largest absolute Gasteiger partial charge is 0.463 e. The molecule has 0 radical (unpaired) electrons. The van der Waals surface area contributed by atoms with Crippen molar-refractivity contribution in [2.75, 3.05) is 0 Å². The highest BCUT2D eigenvalue weighted by Gasteiger charge is 2.23. The third-order valence-corrected chi connectivity index (χ3v) is 5.02. The van der Waals surface area contributed by atoms with E-state index >= 15 is 0 Å². The average molecular weight is 414 g/mol. The van der Waals surface area contributed by atoms with Gasteiger partial charge in [0.05, 0.1) is 23.4 Å². The second-order valence-electron chi connectivity index (χ2n) is 7.24. The molecule has 0 bridgehead atoms. The Bertz CT molecular complexity index is 1200. The number of pyridine rings is 1. The number of para-hydroxylation sites is 1. The molecular formula is C25H22N2O4. The molecule has 6 nitrogen and oxygen atoms in total. The lowest BCUT2D eigenvalue weighted by atomic mass is 10.1. The molecule has 156 valence electrons. The molecule has 2 aromatic carbocycles. The minimum Gasteiger partial charge on any atom is -0.463 e. The van der Waals surface area contributed by atoms with Gasteiger partial charge in [-0.25, -0.2) is 9.78 Å². The SMILES string of the molecule is C[C@@H](OC(=O)c1cc(-c2ccco2)nc2ccccc12)C(=O)N[C@H](C)c1ccccc1. The van der Waals surface area contributed by atoms with Crippen molar-refractivity contribution in [1.82, 2.24) is 10.3 Å². The first-order chi connectivity index (χ1) is 15.0. The van der Waals surface area contributed by atoms with Crippen molar-refractivity contribution in [1.29, 1.82) is 0 Å². The number of hydrogen-bond donors (Lipinski definition) is 1. The Morgan fingerprint density at radius 1 is 0.968 bits per heavy atom. The molecule has 4 aromatic rings. The lowest BCUT2D eigenvalue weighted by Gasteiger charge is -2.18. The predicted octanol–water partition coefficient (Wildman–Crippen LogP) is 4.92. The maximum absolute atomic E-state index is 13.0. The van der Waals surface area contributed by atoms with Crippen molar-refractivity contribution in [3.05, 3.63) is 90.2 Å². The van der Waals surface area contributed by atoms with Crippen LogP contribution in [0.3, 0.4) is 0 Å². The highest BCUT2D eigenvalue weighted by Crippen LogP contribution is 2.26. The van der Waals surface area contributed by atoms with Gasteiger partial charge in [-0.15, -0.1) is 0 Å². The van der Waals surface area contributed by atoms with Crippen LogP contribution in [0.25, 0.3) is 22.4 Å². The van der Waals surface area contributed by atoms with Crippen LogP contribution in [0, 0.1) is 0 Å². The minimum absolute atomic E-state index is 0.206. The van der Waals surface area contributed by atoms with Crippen molar-refractivity contribution >= 4 is 22.8 Å². The van der Waals surface area contributed by atoms with Gasteiger partial charge >= 0.3 is 5.97 Å². The molecule has 0 unspecified atom stereocenters. The van der Waals surface area contributed by atoms with Crippen LogP contribution in [0.2, 0.25) is 0 Å². The molecule has 0 aliphatic rings. The molecule has 31 heavy (non-hydrogen) atoms. The Labute approximate surface area is 179 Å². The molecule has 2 heterocycles. The van der Waals surface area contributed by atoms with Gasteiger partial charge in [0, 0.05) is 5.39 Å². The van der Waals surface area contributed by atoms with E-state index in [4.69, 9.17) is 9.15 Å². The molecule has 2 aromatic heterocycles. The van der Waals surface area contributed by atoms with E-state index in [0.29, 0.717) is 27.9 Å². The zero-order valence-electron chi connectivity index (χ0n) is 17.2. The summed E-state index contributed by atoms with van der Waals surface area (Å²) in [5.74, 6) is -0.418. The zero-order chi connectivity index (χ0) is 21.8. The lowest BCUT2D eigenvalue weighted by Crippen LogP contribution is -2.37. The summed E-state index contributed by atoms with van der Waals surface area (Å²) in [7, 11) is 0. The molecule has 0 saturated heterocycles. The number of hydrogen-bond acceptors (Lipinski definition) is 5. The Morgan fingerprint density at radius 3 is 2.45 bits per heavy atom. The smallest absolute Gasteiger partial charge is 0.339 e. The number of aromatic nitrogens is 1. The van der Waals surface area contributed by atoms with E-state index < -0.39 is 12.1 Å². The number of rotatable bonds is 6. The summed E-state index contributed by atoms with van der Waals surface area (Å²) >= 11 is 0. The molecule has 6 heteroatoms. The summed E-state index contributed by atoms with van der Waals surface area (Å²) in [5.41, 5.74) is 2.45. The molecule has 0 spiro atoms. The highest BCUT2D eigenvalue weighted by molar-refractivity contribution is 6.05. The van der Waals surface area contributed by atoms with Gasteiger partial charge < -0.3 is 14.5 Å². The Morgan fingerprint density at radius 2 is 1.71 bits per heavy atom. The molecule has 0 aliphatic heterocycles. The molecule has 0 saturated carbocycles. The van der Waals surface area contributed by atoms with Crippen molar-refractivity contribution in [2.45, 2.75) is 26.0 Å². The molecule has 0 aliphatic carbocycles. The van der Waals surface area contributed by atoms with Gasteiger partial charge in [-0.2, -0.15) is 0 Å². The quantitative estimate of drug-likeness (QED) is 0.453. The first-order valence-electron chi connectivity index (χ1n) is 10.0. The normalized spacial score (nSPS) is 12.8. The minimum atomic E-state index is -0.961. The van der Waals surface area contributed by atoms with Crippen LogP contribution in [-0.2, 0) is 9.53 Å². The number of nitrogens with zero attached hydrogens (tertiary/aromatic N) is 1. The fourth-order valence-electron chi connectivity index (χ4n) is 3.33. The number of nitrogens with one attached hydrogen (secondary N) is 1. The van der Waals surface area contributed by atoms with E-state index in [2.05, 4.69) is 10.3 Å². The molecular weight excluding hydrogens is 392 g/mol. The van der Waals surface area contributed by atoms with Crippen LogP contribution in [0.1, 0.15) is 35.8 Å². The van der Waals surface area contributed by atoms with Crippen LogP contribution in [0.5, 0.6) is 0 Å². The lowest BCUT2D eigenvalue weighted by molar-refractivity contribution is -0.129. The number of amides is 1. The first kappa shape index (κ1) is 20.3. The highest BCUT2D eigenvalue weighted by atomic mass is 16.5. The molecule has 2 atom stereocenters. The van der Waals surface area contributed by atoms with Crippen LogP contribution in [0.4, 0.5) is 0 Å². The Kier molecular flexibility index (Phi) is 5.80. The molecule has 1 amide bonds. The third kappa shape index (κ3) is 4.48. The van der Waals surface area contributed by atoms with E-state index in [9.17, 15) is 9.59 Å². The number of carbonyl (C=O) groups excluding carboxylic acids is 2. The number of ether oxygens (including phenoxy) is 1. The van der Waals surface area contributed by atoms with Crippen LogP contribution in [0.15, 0.2) is 83.5 Å².